The maximum Gasteiger partial charge on any atom is 0.282 e. The fraction of sp³-hybridized carbons (Fsp3) is 0.242. The molecule has 0 aliphatic heterocycles. The maximum atomic E-state index is 13.4. The zero-order valence-electron chi connectivity index (χ0n) is 23.3. The van der Waals surface area contributed by atoms with Gasteiger partial charge in [0, 0.05) is 33.5 Å². The largest absolute Gasteiger partial charge is 0.489 e. The standard InChI is InChI=1S/C33H33BrN4O2/c1-5-6-7-32-36-31-17-12-27(34)19-30(31)33(39)38(32)35-20-26-18-23(3)37(24(26)4)28-13-15-29(16-14-28)40-21-25-10-8-22(2)9-11-25/h8-20H,5-7,21H2,1-4H3. The Morgan fingerprint density at radius 3 is 2.45 bits per heavy atom. The molecule has 0 unspecified atom stereocenters. The number of halogens is 1. The molecule has 0 spiro atoms. The predicted molar refractivity (Wildman–Crippen MR) is 166 cm³/mol. The van der Waals surface area contributed by atoms with Crippen molar-refractivity contribution < 1.29 is 4.74 Å². The highest BCUT2D eigenvalue weighted by Gasteiger charge is 2.13. The first kappa shape index (κ1) is 27.6. The average Bonchev–Trinajstić information content (AvgIpc) is 3.24. The van der Waals surface area contributed by atoms with E-state index in [1.54, 1.807) is 12.3 Å². The lowest BCUT2D eigenvalue weighted by Crippen LogP contribution is -2.22. The fourth-order valence-corrected chi connectivity index (χ4v) is 5.15. The SMILES string of the molecule is CCCCc1nc2ccc(Br)cc2c(=O)n1N=Cc1cc(C)n(-c2ccc(OCc3ccc(C)cc3)cc2)c1C. The van der Waals surface area contributed by atoms with Gasteiger partial charge in [-0.2, -0.15) is 9.78 Å². The second-order valence-electron chi connectivity index (χ2n) is 10.1. The Bertz CT molecular complexity index is 1730. The Hall–Kier alpha value is -3.97. The number of aromatic nitrogens is 3. The number of nitrogens with zero attached hydrogens (tertiary/aromatic N) is 4. The monoisotopic (exact) mass is 596 g/mol. The van der Waals surface area contributed by atoms with Crippen molar-refractivity contribution in [3.8, 4) is 11.4 Å². The molecule has 0 aliphatic rings. The van der Waals surface area contributed by atoms with Crippen LogP contribution in [0.2, 0.25) is 0 Å². The zero-order chi connectivity index (χ0) is 28.2. The van der Waals surface area contributed by atoms with E-state index in [4.69, 9.17) is 9.72 Å². The van der Waals surface area contributed by atoms with Crippen LogP contribution in [-0.2, 0) is 13.0 Å². The van der Waals surface area contributed by atoms with Crippen LogP contribution >= 0.6 is 15.9 Å². The van der Waals surface area contributed by atoms with Gasteiger partial charge in [0.25, 0.3) is 5.56 Å². The number of hydrogen-bond acceptors (Lipinski definition) is 4. The minimum Gasteiger partial charge on any atom is -0.489 e. The molecule has 0 bridgehead atoms. The van der Waals surface area contributed by atoms with Crippen molar-refractivity contribution >= 4 is 33.0 Å². The zero-order valence-corrected chi connectivity index (χ0v) is 24.9. The van der Waals surface area contributed by atoms with Gasteiger partial charge in [-0.3, -0.25) is 4.79 Å². The predicted octanol–water partition coefficient (Wildman–Crippen LogP) is 7.68. The van der Waals surface area contributed by atoms with Gasteiger partial charge in [-0.25, -0.2) is 4.98 Å². The number of rotatable bonds is 9. The lowest BCUT2D eigenvalue weighted by atomic mass is 10.2. The van der Waals surface area contributed by atoms with E-state index in [0.717, 1.165) is 51.3 Å². The molecule has 0 fully saturated rings. The molecule has 0 atom stereocenters. The van der Waals surface area contributed by atoms with Crippen molar-refractivity contribution in [1.29, 1.82) is 0 Å². The summed E-state index contributed by atoms with van der Waals surface area (Å²) in [6, 6.07) is 24.1. The first-order valence-corrected chi connectivity index (χ1v) is 14.4. The highest BCUT2D eigenvalue weighted by atomic mass is 79.9. The third-order valence-corrected chi connectivity index (χ3v) is 7.53. The van der Waals surface area contributed by atoms with Gasteiger partial charge >= 0.3 is 0 Å². The summed E-state index contributed by atoms with van der Waals surface area (Å²) in [4.78, 5) is 18.2. The molecule has 40 heavy (non-hydrogen) atoms. The van der Waals surface area contributed by atoms with Gasteiger partial charge in [-0.15, -0.1) is 0 Å². The van der Waals surface area contributed by atoms with E-state index in [1.807, 2.05) is 24.3 Å². The Morgan fingerprint density at radius 1 is 0.975 bits per heavy atom. The van der Waals surface area contributed by atoms with E-state index in [-0.39, 0.29) is 5.56 Å². The van der Waals surface area contributed by atoms with Crippen LogP contribution in [0.1, 0.15) is 53.7 Å². The van der Waals surface area contributed by atoms with Gasteiger partial charge in [-0.05, 0) is 81.3 Å². The molecular weight excluding hydrogens is 564 g/mol. The fourth-order valence-electron chi connectivity index (χ4n) is 4.79. The van der Waals surface area contributed by atoms with E-state index < -0.39 is 0 Å². The summed E-state index contributed by atoms with van der Waals surface area (Å²) in [5.41, 5.74) is 7.00. The Morgan fingerprint density at radius 2 is 1.73 bits per heavy atom. The van der Waals surface area contributed by atoms with E-state index >= 15 is 0 Å². The van der Waals surface area contributed by atoms with Crippen LogP contribution in [0.5, 0.6) is 5.75 Å². The molecule has 5 rings (SSSR count). The molecule has 0 saturated heterocycles. The summed E-state index contributed by atoms with van der Waals surface area (Å²) in [6.45, 7) is 8.87. The van der Waals surface area contributed by atoms with Gasteiger partial charge < -0.3 is 9.30 Å². The highest BCUT2D eigenvalue weighted by molar-refractivity contribution is 9.10. The van der Waals surface area contributed by atoms with Crippen molar-refractivity contribution in [2.75, 3.05) is 0 Å². The summed E-state index contributed by atoms with van der Waals surface area (Å²) >= 11 is 3.47. The number of fused-ring (bicyclic) bond motifs is 1. The molecule has 204 valence electrons. The molecule has 5 aromatic rings. The number of aryl methyl sites for hydroxylation is 3. The van der Waals surface area contributed by atoms with Crippen LogP contribution in [-0.4, -0.2) is 20.4 Å². The molecule has 3 aromatic carbocycles. The molecule has 7 heteroatoms. The number of benzene rings is 3. The first-order valence-electron chi connectivity index (χ1n) is 13.6. The molecule has 0 amide bonds. The molecule has 0 aliphatic carbocycles. The maximum absolute atomic E-state index is 13.4. The van der Waals surface area contributed by atoms with Crippen LogP contribution in [0.25, 0.3) is 16.6 Å². The molecule has 0 radical (unpaired) electrons. The van der Waals surface area contributed by atoms with E-state index in [0.29, 0.717) is 29.8 Å². The summed E-state index contributed by atoms with van der Waals surface area (Å²) < 4.78 is 10.5. The van der Waals surface area contributed by atoms with Crippen molar-refractivity contribution in [2.24, 2.45) is 5.10 Å². The summed E-state index contributed by atoms with van der Waals surface area (Å²) in [5, 5.41) is 5.20. The van der Waals surface area contributed by atoms with Crippen LogP contribution < -0.4 is 10.3 Å². The second-order valence-corrected chi connectivity index (χ2v) is 11.0. The van der Waals surface area contributed by atoms with Gasteiger partial charge in [-0.1, -0.05) is 59.1 Å². The van der Waals surface area contributed by atoms with Crippen molar-refractivity contribution in [3.63, 3.8) is 0 Å². The highest BCUT2D eigenvalue weighted by Crippen LogP contribution is 2.23. The normalized spacial score (nSPS) is 11.5. The number of hydrogen-bond donors (Lipinski definition) is 0. The average molecular weight is 598 g/mol. The van der Waals surface area contributed by atoms with Gasteiger partial charge in [0.2, 0.25) is 0 Å². The smallest absolute Gasteiger partial charge is 0.282 e. The minimum absolute atomic E-state index is 0.163. The lowest BCUT2D eigenvalue weighted by Gasteiger charge is -2.12. The Labute approximate surface area is 243 Å². The van der Waals surface area contributed by atoms with Crippen LogP contribution in [0, 0.1) is 20.8 Å². The van der Waals surface area contributed by atoms with E-state index in [9.17, 15) is 4.79 Å². The molecule has 0 saturated carbocycles. The molecule has 2 aromatic heterocycles. The second kappa shape index (κ2) is 12.0. The van der Waals surface area contributed by atoms with E-state index in [1.165, 1.54) is 10.2 Å². The summed E-state index contributed by atoms with van der Waals surface area (Å²) in [7, 11) is 0. The van der Waals surface area contributed by atoms with Gasteiger partial charge in [0.15, 0.2) is 0 Å². The van der Waals surface area contributed by atoms with Crippen LogP contribution in [0.15, 0.2) is 87.2 Å². The van der Waals surface area contributed by atoms with Crippen LogP contribution in [0.3, 0.4) is 0 Å². The van der Waals surface area contributed by atoms with Crippen LogP contribution in [0.4, 0.5) is 0 Å². The number of unbranched alkanes of at least 4 members (excludes halogenated alkanes) is 1. The van der Waals surface area contributed by atoms with Crippen molar-refractivity contribution in [3.05, 3.63) is 122 Å². The summed E-state index contributed by atoms with van der Waals surface area (Å²) in [6.07, 6.45) is 4.39. The van der Waals surface area contributed by atoms with Gasteiger partial charge in [0.05, 0.1) is 17.1 Å². The lowest BCUT2D eigenvalue weighted by molar-refractivity contribution is 0.306. The van der Waals surface area contributed by atoms with Gasteiger partial charge in [0.1, 0.15) is 18.2 Å². The molecule has 0 N–H and O–H groups in total. The Balaban J connectivity index is 1.41. The molecule has 2 heterocycles. The van der Waals surface area contributed by atoms with Crippen molar-refractivity contribution in [1.82, 2.24) is 14.2 Å². The minimum atomic E-state index is -0.163. The third-order valence-electron chi connectivity index (χ3n) is 7.03. The summed E-state index contributed by atoms with van der Waals surface area (Å²) in [5.74, 6) is 1.50. The molecule has 6 nitrogen and oxygen atoms in total. The third kappa shape index (κ3) is 5.94. The van der Waals surface area contributed by atoms with Crippen molar-refractivity contribution in [2.45, 2.75) is 53.6 Å². The molecular formula is C33H33BrN4O2. The Kier molecular flexibility index (Phi) is 8.31. The quantitative estimate of drug-likeness (QED) is 0.164. The van der Waals surface area contributed by atoms with E-state index in [2.05, 4.69) is 95.8 Å². The first-order chi connectivity index (χ1) is 19.3. The number of ether oxygens (including phenoxy) is 1. The topological polar surface area (TPSA) is 61.4 Å².